The molecule has 1 aliphatic rings. The minimum Gasteiger partial charge on any atom is -0.380 e. The monoisotopic (exact) mass is 290 g/mol. The standard InChI is InChI=1S/C17H26N2O2/c1-3-16-18-15(11-10-14-8-6-5-7-9-14)17(20)19(16)12-13-21-4-2/h5-9,15-16,18H,3-4,10-13H2,1-2H3. The number of carbonyl (C=O) groups is 1. The minimum absolute atomic E-state index is 0.0585. The topological polar surface area (TPSA) is 41.6 Å². The molecule has 0 radical (unpaired) electrons. The molecule has 1 heterocycles. The summed E-state index contributed by atoms with van der Waals surface area (Å²) in [5.41, 5.74) is 1.29. The number of aryl methyl sites for hydroxylation is 1. The van der Waals surface area contributed by atoms with E-state index in [2.05, 4.69) is 24.4 Å². The first-order chi connectivity index (χ1) is 10.3. The van der Waals surface area contributed by atoms with Crippen molar-refractivity contribution in [3.63, 3.8) is 0 Å². The van der Waals surface area contributed by atoms with Gasteiger partial charge in [-0.15, -0.1) is 0 Å². The fourth-order valence-corrected chi connectivity index (χ4v) is 2.82. The Bertz CT molecular complexity index is 436. The number of nitrogens with one attached hydrogen (secondary N) is 1. The number of benzene rings is 1. The van der Waals surface area contributed by atoms with Gasteiger partial charge in [0.25, 0.3) is 0 Å². The van der Waals surface area contributed by atoms with Crippen LogP contribution in [-0.2, 0) is 16.0 Å². The molecule has 21 heavy (non-hydrogen) atoms. The summed E-state index contributed by atoms with van der Waals surface area (Å²) in [5, 5.41) is 3.46. The summed E-state index contributed by atoms with van der Waals surface area (Å²) >= 11 is 0. The lowest BCUT2D eigenvalue weighted by atomic mass is 10.1. The van der Waals surface area contributed by atoms with Gasteiger partial charge in [-0.1, -0.05) is 37.3 Å². The summed E-state index contributed by atoms with van der Waals surface area (Å²) in [6.45, 7) is 6.08. The molecule has 2 unspecified atom stereocenters. The molecule has 1 saturated heterocycles. The summed E-state index contributed by atoms with van der Waals surface area (Å²) in [6, 6.07) is 10.3. The Morgan fingerprint density at radius 1 is 1.24 bits per heavy atom. The molecule has 0 bridgehead atoms. The highest BCUT2D eigenvalue weighted by atomic mass is 16.5. The van der Waals surface area contributed by atoms with Gasteiger partial charge in [0.1, 0.15) is 0 Å². The molecule has 1 amide bonds. The molecule has 4 heteroatoms. The number of ether oxygens (including phenoxy) is 1. The van der Waals surface area contributed by atoms with E-state index >= 15 is 0 Å². The van der Waals surface area contributed by atoms with Gasteiger partial charge in [0.15, 0.2) is 0 Å². The van der Waals surface area contributed by atoms with Crippen molar-refractivity contribution in [2.45, 2.75) is 45.3 Å². The highest BCUT2D eigenvalue weighted by Crippen LogP contribution is 2.17. The smallest absolute Gasteiger partial charge is 0.241 e. The summed E-state index contributed by atoms with van der Waals surface area (Å²) in [6.07, 6.45) is 2.86. The predicted octanol–water partition coefficient (Wildman–Crippen LogP) is 2.19. The van der Waals surface area contributed by atoms with Crippen LogP contribution in [0.3, 0.4) is 0 Å². The Hall–Kier alpha value is -1.39. The van der Waals surface area contributed by atoms with Crippen molar-refractivity contribution in [3.05, 3.63) is 35.9 Å². The zero-order valence-corrected chi connectivity index (χ0v) is 13.0. The van der Waals surface area contributed by atoms with Crippen LogP contribution in [0.25, 0.3) is 0 Å². The zero-order valence-electron chi connectivity index (χ0n) is 13.0. The Kier molecular flexibility index (Phi) is 6.21. The van der Waals surface area contributed by atoms with E-state index < -0.39 is 0 Å². The fourth-order valence-electron chi connectivity index (χ4n) is 2.82. The molecule has 0 spiro atoms. The van der Waals surface area contributed by atoms with Gasteiger partial charge >= 0.3 is 0 Å². The molecule has 0 aromatic heterocycles. The zero-order chi connectivity index (χ0) is 15.1. The van der Waals surface area contributed by atoms with Crippen LogP contribution in [0.4, 0.5) is 0 Å². The van der Waals surface area contributed by atoms with Crippen LogP contribution in [0, 0.1) is 0 Å². The number of rotatable bonds is 8. The molecule has 1 fully saturated rings. The van der Waals surface area contributed by atoms with Crippen LogP contribution in [0.5, 0.6) is 0 Å². The highest BCUT2D eigenvalue weighted by Gasteiger charge is 2.36. The molecule has 2 atom stereocenters. The summed E-state index contributed by atoms with van der Waals surface area (Å²) < 4.78 is 5.38. The number of carbonyl (C=O) groups excluding carboxylic acids is 1. The van der Waals surface area contributed by atoms with E-state index in [1.54, 1.807) is 0 Å². The van der Waals surface area contributed by atoms with Crippen molar-refractivity contribution >= 4 is 5.91 Å². The lowest BCUT2D eigenvalue weighted by Crippen LogP contribution is -2.38. The summed E-state index contributed by atoms with van der Waals surface area (Å²) in [7, 11) is 0. The maximum atomic E-state index is 12.5. The highest BCUT2D eigenvalue weighted by molar-refractivity contribution is 5.84. The van der Waals surface area contributed by atoms with E-state index in [4.69, 9.17) is 4.74 Å². The maximum absolute atomic E-state index is 12.5. The lowest BCUT2D eigenvalue weighted by molar-refractivity contribution is -0.130. The van der Waals surface area contributed by atoms with Gasteiger partial charge < -0.3 is 9.64 Å². The second kappa shape index (κ2) is 8.15. The van der Waals surface area contributed by atoms with Crippen LogP contribution in [0.2, 0.25) is 0 Å². The van der Waals surface area contributed by atoms with E-state index in [0.717, 1.165) is 19.3 Å². The molecule has 1 N–H and O–H groups in total. The number of nitrogens with zero attached hydrogens (tertiary/aromatic N) is 1. The molecule has 1 aromatic rings. The van der Waals surface area contributed by atoms with Crippen molar-refractivity contribution in [1.82, 2.24) is 10.2 Å². The lowest BCUT2D eigenvalue weighted by Gasteiger charge is -2.22. The molecule has 0 saturated carbocycles. The van der Waals surface area contributed by atoms with Crippen LogP contribution >= 0.6 is 0 Å². The fraction of sp³-hybridized carbons (Fsp3) is 0.588. The molecule has 1 aromatic carbocycles. The predicted molar refractivity (Wildman–Crippen MR) is 84.0 cm³/mol. The number of amides is 1. The second-order valence-electron chi connectivity index (χ2n) is 5.40. The van der Waals surface area contributed by atoms with Gasteiger partial charge in [-0.3, -0.25) is 10.1 Å². The van der Waals surface area contributed by atoms with Crippen LogP contribution in [0.15, 0.2) is 30.3 Å². The van der Waals surface area contributed by atoms with Gasteiger partial charge in [-0.25, -0.2) is 0 Å². The van der Waals surface area contributed by atoms with Crippen LogP contribution in [-0.4, -0.2) is 42.8 Å². The van der Waals surface area contributed by atoms with Crippen molar-refractivity contribution in [2.75, 3.05) is 19.8 Å². The Morgan fingerprint density at radius 2 is 2.00 bits per heavy atom. The Balaban J connectivity index is 1.88. The van der Waals surface area contributed by atoms with Crippen LogP contribution in [0.1, 0.15) is 32.3 Å². The molecule has 2 rings (SSSR count). The third kappa shape index (κ3) is 4.29. The van der Waals surface area contributed by atoms with Crippen molar-refractivity contribution in [2.24, 2.45) is 0 Å². The summed E-state index contributed by atoms with van der Waals surface area (Å²) in [4.78, 5) is 14.4. The average molecular weight is 290 g/mol. The third-order valence-electron chi connectivity index (χ3n) is 3.98. The van der Waals surface area contributed by atoms with Crippen molar-refractivity contribution in [1.29, 1.82) is 0 Å². The molecular formula is C17H26N2O2. The maximum Gasteiger partial charge on any atom is 0.241 e. The average Bonchev–Trinajstić information content (AvgIpc) is 2.83. The second-order valence-corrected chi connectivity index (χ2v) is 5.40. The van der Waals surface area contributed by atoms with E-state index in [-0.39, 0.29) is 18.1 Å². The van der Waals surface area contributed by atoms with Gasteiger partial charge in [-0.05, 0) is 31.7 Å². The van der Waals surface area contributed by atoms with E-state index in [9.17, 15) is 4.79 Å². The SMILES string of the molecule is CCOCCN1C(=O)C(CCc2ccccc2)NC1CC. The van der Waals surface area contributed by atoms with Gasteiger partial charge in [-0.2, -0.15) is 0 Å². The minimum atomic E-state index is -0.0585. The van der Waals surface area contributed by atoms with Crippen LogP contribution < -0.4 is 5.32 Å². The van der Waals surface area contributed by atoms with E-state index in [1.165, 1.54) is 5.56 Å². The normalized spacial score (nSPS) is 22.0. The molecule has 0 aliphatic carbocycles. The van der Waals surface area contributed by atoms with Gasteiger partial charge in [0.2, 0.25) is 5.91 Å². The first-order valence-electron chi connectivity index (χ1n) is 7.94. The Labute approximate surface area is 127 Å². The number of hydrogen-bond acceptors (Lipinski definition) is 3. The molecule has 4 nitrogen and oxygen atoms in total. The first kappa shape index (κ1) is 16.0. The van der Waals surface area contributed by atoms with Gasteiger partial charge in [0, 0.05) is 13.2 Å². The Morgan fingerprint density at radius 3 is 2.67 bits per heavy atom. The molecular weight excluding hydrogens is 264 g/mol. The van der Waals surface area contributed by atoms with Crippen molar-refractivity contribution in [3.8, 4) is 0 Å². The largest absolute Gasteiger partial charge is 0.380 e. The quantitative estimate of drug-likeness (QED) is 0.746. The first-order valence-corrected chi connectivity index (χ1v) is 7.94. The van der Waals surface area contributed by atoms with Crippen molar-refractivity contribution < 1.29 is 9.53 Å². The molecule has 116 valence electrons. The number of hydrogen-bond donors (Lipinski definition) is 1. The third-order valence-corrected chi connectivity index (χ3v) is 3.98. The molecule has 1 aliphatic heterocycles. The summed E-state index contributed by atoms with van der Waals surface area (Å²) in [5.74, 6) is 0.220. The van der Waals surface area contributed by atoms with E-state index in [0.29, 0.717) is 19.8 Å². The van der Waals surface area contributed by atoms with E-state index in [1.807, 2.05) is 30.0 Å². The van der Waals surface area contributed by atoms with Gasteiger partial charge in [0.05, 0.1) is 18.8 Å².